The second-order valence-electron chi connectivity index (χ2n) is 7.20. The largest absolute Gasteiger partial charge is 0.267 e. The summed E-state index contributed by atoms with van der Waals surface area (Å²) in [5.41, 5.74) is 5.36. The van der Waals surface area contributed by atoms with Crippen molar-refractivity contribution in [2.75, 3.05) is 0 Å². The van der Waals surface area contributed by atoms with Crippen molar-refractivity contribution >= 4 is 28.1 Å². The molecule has 0 fully saturated rings. The first-order chi connectivity index (χ1) is 13.8. The number of aryl methyl sites for hydroxylation is 2. The molecule has 0 radical (unpaired) electrons. The van der Waals surface area contributed by atoms with E-state index in [2.05, 4.69) is 69.3 Å². The molecule has 0 aliphatic heterocycles. The fourth-order valence-corrected chi connectivity index (χ4v) is 4.01. The lowest BCUT2D eigenvalue weighted by Crippen LogP contribution is -2.14. The summed E-state index contributed by atoms with van der Waals surface area (Å²) in [6, 6.07) is 8.41. The first-order valence-corrected chi connectivity index (χ1v) is 10.5. The summed E-state index contributed by atoms with van der Waals surface area (Å²) in [5.74, 6) is 0.784. The molecule has 0 amide bonds. The van der Waals surface area contributed by atoms with E-state index in [0.717, 1.165) is 27.4 Å². The van der Waals surface area contributed by atoms with Gasteiger partial charge in [0.1, 0.15) is 6.04 Å². The van der Waals surface area contributed by atoms with Crippen LogP contribution in [-0.2, 0) is 6.54 Å². The van der Waals surface area contributed by atoms with Gasteiger partial charge in [-0.2, -0.15) is 15.3 Å². The van der Waals surface area contributed by atoms with Gasteiger partial charge in [0.15, 0.2) is 10.6 Å². The van der Waals surface area contributed by atoms with E-state index in [9.17, 15) is 0 Å². The van der Waals surface area contributed by atoms with Crippen LogP contribution in [0.25, 0.3) is 5.69 Å². The van der Waals surface area contributed by atoms with Crippen molar-refractivity contribution in [1.29, 1.82) is 0 Å². The van der Waals surface area contributed by atoms with Crippen molar-refractivity contribution in [2.45, 2.75) is 40.3 Å². The topological polar surface area (TPSA) is 69.2 Å². The van der Waals surface area contributed by atoms with Crippen LogP contribution in [0.4, 0.5) is 0 Å². The third-order valence-electron chi connectivity index (χ3n) is 5.06. The molecular formula is C20H22BrN7S. The Bertz CT molecular complexity index is 1210. The van der Waals surface area contributed by atoms with E-state index in [0.29, 0.717) is 11.3 Å². The molecule has 0 aliphatic rings. The zero-order valence-electron chi connectivity index (χ0n) is 16.7. The molecule has 0 saturated carbocycles. The molecule has 4 aromatic rings. The molecule has 150 valence electrons. The van der Waals surface area contributed by atoms with Crippen LogP contribution in [-0.4, -0.2) is 34.3 Å². The minimum Gasteiger partial charge on any atom is -0.267 e. The van der Waals surface area contributed by atoms with Crippen LogP contribution < -0.4 is 0 Å². The monoisotopic (exact) mass is 471 g/mol. The number of halogens is 1. The Morgan fingerprint density at radius 1 is 1.17 bits per heavy atom. The maximum Gasteiger partial charge on any atom is 0.200 e. The predicted molar refractivity (Wildman–Crippen MR) is 118 cm³/mol. The van der Waals surface area contributed by atoms with Crippen LogP contribution in [0.15, 0.2) is 41.1 Å². The van der Waals surface area contributed by atoms with Crippen LogP contribution >= 0.6 is 28.1 Å². The van der Waals surface area contributed by atoms with Crippen LogP contribution in [0.3, 0.4) is 0 Å². The number of rotatable bonds is 5. The standard InChI is InChI=1S/C20H22BrN7S/c1-12-5-7-16(8-6-12)10-27-14(3)18(13(2)25-27)28-19(23-24-20(28)29)15(4)26-11-17(21)9-22-26/h5-9,11,15H,10H2,1-4H3,(H,24,29)/t15-/m1/s1. The van der Waals surface area contributed by atoms with Gasteiger partial charge in [-0.15, -0.1) is 0 Å². The maximum absolute atomic E-state index is 5.57. The average Bonchev–Trinajstić information content (AvgIpc) is 3.35. The fraction of sp³-hybridized carbons (Fsp3) is 0.300. The molecule has 0 saturated heterocycles. The first kappa shape index (κ1) is 19.8. The van der Waals surface area contributed by atoms with Crippen molar-refractivity contribution in [3.05, 3.63) is 74.2 Å². The van der Waals surface area contributed by atoms with E-state index in [1.807, 2.05) is 34.0 Å². The number of aromatic amines is 1. The van der Waals surface area contributed by atoms with Gasteiger partial charge in [-0.1, -0.05) is 29.8 Å². The number of aromatic nitrogens is 7. The molecule has 0 bridgehead atoms. The highest BCUT2D eigenvalue weighted by molar-refractivity contribution is 9.10. The minimum absolute atomic E-state index is 0.103. The lowest BCUT2D eigenvalue weighted by Gasteiger charge is -2.14. The Morgan fingerprint density at radius 3 is 2.55 bits per heavy atom. The van der Waals surface area contributed by atoms with Crippen LogP contribution in [0.1, 0.15) is 41.3 Å². The van der Waals surface area contributed by atoms with Crippen molar-refractivity contribution in [3.8, 4) is 5.69 Å². The van der Waals surface area contributed by atoms with E-state index in [-0.39, 0.29) is 6.04 Å². The van der Waals surface area contributed by atoms with E-state index in [1.54, 1.807) is 6.20 Å². The van der Waals surface area contributed by atoms with Gasteiger partial charge >= 0.3 is 0 Å². The van der Waals surface area contributed by atoms with Crippen molar-refractivity contribution in [3.63, 3.8) is 0 Å². The Kier molecular flexibility index (Phi) is 5.26. The maximum atomic E-state index is 5.57. The number of benzene rings is 1. The summed E-state index contributed by atoms with van der Waals surface area (Å²) in [4.78, 5) is 0. The number of nitrogens with one attached hydrogen (secondary N) is 1. The third-order valence-corrected chi connectivity index (χ3v) is 5.74. The number of hydrogen-bond acceptors (Lipinski definition) is 4. The van der Waals surface area contributed by atoms with Gasteiger partial charge in [-0.3, -0.25) is 19.0 Å². The molecule has 1 N–H and O–H groups in total. The van der Waals surface area contributed by atoms with Gasteiger partial charge in [0, 0.05) is 6.20 Å². The summed E-state index contributed by atoms with van der Waals surface area (Å²) in [6.07, 6.45) is 3.69. The Hall–Kier alpha value is -2.52. The summed E-state index contributed by atoms with van der Waals surface area (Å²) in [6.45, 7) is 8.91. The van der Waals surface area contributed by atoms with Gasteiger partial charge in [0.25, 0.3) is 0 Å². The van der Waals surface area contributed by atoms with E-state index in [1.165, 1.54) is 11.1 Å². The first-order valence-electron chi connectivity index (χ1n) is 9.32. The highest BCUT2D eigenvalue weighted by Crippen LogP contribution is 2.26. The molecule has 9 heteroatoms. The molecular weight excluding hydrogens is 450 g/mol. The zero-order chi connectivity index (χ0) is 20.7. The zero-order valence-corrected chi connectivity index (χ0v) is 19.1. The summed E-state index contributed by atoms with van der Waals surface area (Å²) < 4.78 is 7.30. The van der Waals surface area contributed by atoms with Crippen molar-refractivity contribution in [2.24, 2.45) is 0 Å². The normalized spacial score (nSPS) is 12.4. The molecule has 0 aliphatic carbocycles. The minimum atomic E-state index is -0.103. The van der Waals surface area contributed by atoms with Gasteiger partial charge in [-0.05, 0) is 61.4 Å². The number of H-pyrrole nitrogens is 1. The molecule has 0 unspecified atom stereocenters. The quantitative estimate of drug-likeness (QED) is 0.429. The van der Waals surface area contributed by atoms with Crippen molar-refractivity contribution in [1.82, 2.24) is 34.3 Å². The van der Waals surface area contributed by atoms with Crippen LogP contribution in [0, 0.1) is 25.5 Å². The van der Waals surface area contributed by atoms with E-state index in [4.69, 9.17) is 17.3 Å². The predicted octanol–water partition coefficient (Wildman–Crippen LogP) is 4.67. The Morgan fingerprint density at radius 2 is 1.90 bits per heavy atom. The smallest absolute Gasteiger partial charge is 0.200 e. The van der Waals surface area contributed by atoms with Gasteiger partial charge < -0.3 is 0 Å². The van der Waals surface area contributed by atoms with Gasteiger partial charge in [0.2, 0.25) is 0 Å². The molecule has 1 aromatic carbocycles. The molecule has 3 aromatic heterocycles. The second-order valence-corrected chi connectivity index (χ2v) is 8.50. The molecule has 29 heavy (non-hydrogen) atoms. The summed E-state index contributed by atoms with van der Waals surface area (Å²) in [5, 5.41) is 16.6. The van der Waals surface area contributed by atoms with Crippen LogP contribution in [0.2, 0.25) is 0 Å². The number of nitrogens with zero attached hydrogens (tertiary/aromatic N) is 6. The summed E-state index contributed by atoms with van der Waals surface area (Å²) >= 11 is 9.02. The lowest BCUT2D eigenvalue weighted by atomic mass is 10.1. The molecule has 0 spiro atoms. The highest BCUT2D eigenvalue weighted by Gasteiger charge is 2.23. The molecule has 1 atom stereocenters. The van der Waals surface area contributed by atoms with Crippen LogP contribution in [0.5, 0.6) is 0 Å². The number of hydrogen-bond donors (Lipinski definition) is 1. The fourth-order valence-electron chi connectivity index (χ4n) is 3.48. The van der Waals surface area contributed by atoms with Gasteiger partial charge in [0.05, 0.1) is 34.3 Å². The molecule has 7 nitrogen and oxygen atoms in total. The summed E-state index contributed by atoms with van der Waals surface area (Å²) in [7, 11) is 0. The Balaban J connectivity index is 1.76. The lowest BCUT2D eigenvalue weighted by molar-refractivity contribution is 0.527. The van der Waals surface area contributed by atoms with E-state index < -0.39 is 0 Å². The molecule has 3 heterocycles. The average molecular weight is 472 g/mol. The Labute approximate surface area is 182 Å². The second kappa shape index (κ2) is 7.72. The molecule has 4 rings (SSSR count). The third kappa shape index (κ3) is 3.72. The van der Waals surface area contributed by atoms with Crippen molar-refractivity contribution < 1.29 is 0 Å². The van der Waals surface area contributed by atoms with E-state index >= 15 is 0 Å². The SMILES string of the molecule is Cc1ccc(Cn2nc(C)c(-n3c([C@@H](C)n4cc(Br)cn4)n[nH]c3=S)c2C)cc1. The highest BCUT2D eigenvalue weighted by atomic mass is 79.9. The van der Waals surface area contributed by atoms with Gasteiger partial charge in [-0.25, -0.2) is 0 Å².